The second kappa shape index (κ2) is 5.50. The highest BCUT2D eigenvalue weighted by Gasteiger charge is 2.01. The summed E-state index contributed by atoms with van der Waals surface area (Å²) >= 11 is 0. The number of carbonyl (C=O) groups is 2. The minimum absolute atomic E-state index is 0.255. The fourth-order valence-electron chi connectivity index (χ4n) is 0.997. The number of aliphatic hydroxyl groups is 1. The van der Waals surface area contributed by atoms with Gasteiger partial charge in [0.2, 0.25) is 5.76 Å². The van der Waals surface area contributed by atoms with Crippen molar-refractivity contribution in [3.05, 3.63) is 59.9 Å². The molecule has 0 unspecified atom stereocenters. The highest BCUT2D eigenvalue weighted by atomic mass is 16.4. The Morgan fingerprint density at radius 2 is 1.69 bits per heavy atom. The minimum Gasteiger partial charge on any atom is -0.502 e. The zero-order valence-electron chi connectivity index (χ0n) is 8.33. The molecule has 4 heteroatoms. The van der Waals surface area contributed by atoms with Crippen LogP contribution in [0, 0.1) is 0 Å². The molecular formula is C12H10O4. The van der Waals surface area contributed by atoms with Crippen molar-refractivity contribution in [1.82, 2.24) is 0 Å². The SMILES string of the molecule is O=C(O)C(O)=CC=CC(=O)c1ccccc1. The van der Waals surface area contributed by atoms with Crippen LogP contribution in [-0.2, 0) is 4.79 Å². The smallest absolute Gasteiger partial charge is 0.370 e. The molecular weight excluding hydrogens is 208 g/mol. The van der Waals surface area contributed by atoms with Crippen molar-refractivity contribution in [3.8, 4) is 0 Å². The molecule has 82 valence electrons. The molecule has 0 saturated heterocycles. The fraction of sp³-hybridized carbons (Fsp3) is 0. The van der Waals surface area contributed by atoms with Crippen LogP contribution in [0.5, 0.6) is 0 Å². The van der Waals surface area contributed by atoms with Gasteiger partial charge in [-0.25, -0.2) is 4.79 Å². The van der Waals surface area contributed by atoms with E-state index in [9.17, 15) is 9.59 Å². The lowest BCUT2D eigenvalue weighted by Crippen LogP contribution is -1.98. The van der Waals surface area contributed by atoms with Crippen molar-refractivity contribution in [2.45, 2.75) is 0 Å². The maximum atomic E-state index is 11.5. The topological polar surface area (TPSA) is 74.6 Å². The van der Waals surface area contributed by atoms with Crippen molar-refractivity contribution in [1.29, 1.82) is 0 Å². The van der Waals surface area contributed by atoms with Gasteiger partial charge in [-0.2, -0.15) is 0 Å². The number of carboxylic acids is 1. The summed E-state index contributed by atoms with van der Waals surface area (Å²) in [4.78, 5) is 21.7. The van der Waals surface area contributed by atoms with Gasteiger partial charge in [0, 0.05) is 5.56 Å². The van der Waals surface area contributed by atoms with Crippen LogP contribution in [0.15, 0.2) is 54.3 Å². The van der Waals surface area contributed by atoms with Crippen molar-refractivity contribution in [3.63, 3.8) is 0 Å². The fourth-order valence-corrected chi connectivity index (χ4v) is 0.997. The van der Waals surface area contributed by atoms with Crippen molar-refractivity contribution in [2.75, 3.05) is 0 Å². The maximum absolute atomic E-state index is 11.5. The molecule has 0 heterocycles. The molecule has 1 aromatic carbocycles. The van der Waals surface area contributed by atoms with Crippen LogP contribution in [0.25, 0.3) is 0 Å². The van der Waals surface area contributed by atoms with Crippen LogP contribution in [-0.4, -0.2) is 22.0 Å². The first-order valence-electron chi connectivity index (χ1n) is 4.51. The number of allylic oxidation sites excluding steroid dienone is 3. The molecule has 0 aliphatic rings. The van der Waals surface area contributed by atoms with E-state index in [2.05, 4.69) is 0 Å². The number of rotatable bonds is 4. The second-order valence-corrected chi connectivity index (χ2v) is 2.95. The average Bonchev–Trinajstić information content (AvgIpc) is 2.29. The third-order valence-electron chi connectivity index (χ3n) is 1.78. The average molecular weight is 218 g/mol. The van der Waals surface area contributed by atoms with Gasteiger partial charge in [0.25, 0.3) is 0 Å². The number of benzene rings is 1. The summed E-state index contributed by atoms with van der Waals surface area (Å²) in [7, 11) is 0. The largest absolute Gasteiger partial charge is 0.502 e. The number of hydrogen-bond acceptors (Lipinski definition) is 3. The van der Waals surface area contributed by atoms with Crippen LogP contribution in [0.3, 0.4) is 0 Å². The lowest BCUT2D eigenvalue weighted by Gasteiger charge is -1.92. The first-order chi connectivity index (χ1) is 7.61. The molecule has 0 amide bonds. The second-order valence-electron chi connectivity index (χ2n) is 2.95. The van der Waals surface area contributed by atoms with E-state index in [-0.39, 0.29) is 5.78 Å². The molecule has 0 spiro atoms. The quantitative estimate of drug-likeness (QED) is 0.350. The normalized spacial score (nSPS) is 11.6. The third-order valence-corrected chi connectivity index (χ3v) is 1.78. The summed E-state index contributed by atoms with van der Waals surface area (Å²) in [6.45, 7) is 0. The third kappa shape index (κ3) is 3.42. The van der Waals surface area contributed by atoms with E-state index in [0.717, 1.165) is 6.08 Å². The zero-order valence-corrected chi connectivity index (χ0v) is 8.33. The highest BCUT2D eigenvalue weighted by Crippen LogP contribution is 2.01. The molecule has 0 saturated carbocycles. The predicted octanol–water partition coefficient (Wildman–Crippen LogP) is 1.95. The summed E-state index contributed by atoms with van der Waals surface area (Å²) in [5.74, 6) is -2.50. The molecule has 1 rings (SSSR count). The molecule has 0 atom stereocenters. The van der Waals surface area contributed by atoms with E-state index in [1.165, 1.54) is 12.2 Å². The molecule has 0 aliphatic heterocycles. The Balaban J connectivity index is 2.70. The maximum Gasteiger partial charge on any atom is 0.370 e. The Morgan fingerprint density at radius 3 is 2.25 bits per heavy atom. The van der Waals surface area contributed by atoms with Crippen LogP contribution in [0.1, 0.15) is 10.4 Å². The number of aliphatic hydroxyl groups excluding tert-OH is 1. The number of ketones is 1. The molecule has 4 nitrogen and oxygen atoms in total. The number of carbonyl (C=O) groups excluding carboxylic acids is 1. The Labute approximate surface area is 92.2 Å². The van der Waals surface area contributed by atoms with Gasteiger partial charge in [-0.05, 0) is 12.2 Å². The van der Waals surface area contributed by atoms with Crippen LogP contribution >= 0.6 is 0 Å². The lowest BCUT2D eigenvalue weighted by atomic mass is 10.1. The summed E-state index contributed by atoms with van der Waals surface area (Å²) < 4.78 is 0. The molecule has 0 bridgehead atoms. The van der Waals surface area contributed by atoms with E-state index >= 15 is 0 Å². The minimum atomic E-state index is -1.43. The molecule has 0 fully saturated rings. The van der Waals surface area contributed by atoms with Gasteiger partial charge < -0.3 is 10.2 Å². The van der Waals surface area contributed by atoms with Crippen LogP contribution < -0.4 is 0 Å². The predicted molar refractivity (Wildman–Crippen MR) is 58.3 cm³/mol. The van der Waals surface area contributed by atoms with Gasteiger partial charge in [-0.3, -0.25) is 4.79 Å². The highest BCUT2D eigenvalue weighted by molar-refractivity contribution is 6.04. The zero-order chi connectivity index (χ0) is 12.0. The number of carboxylic acid groups (broad SMARTS) is 1. The Kier molecular flexibility index (Phi) is 4.03. The first kappa shape index (κ1) is 11.7. The summed E-state index contributed by atoms with van der Waals surface area (Å²) in [5.41, 5.74) is 0.502. The number of hydrogen-bond donors (Lipinski definition) is 2. The van der Waals surface area contributed by atoms with Gasteiger partial charge in [0.15, 0.2) is 5.78 Å². The van der Waals surface area contributed by atoms with Gasteiger partial charge in [-0.15, -0.1) is 0 Å². The molecule has 0 aromatic heterocycles. The van der Waals surface area contributed by atoms with E-state index in [4.69, 9.17) is 10.2 Å². The van der Waals surface area contributed by atoms with Crippen molar-refractivity contribution in [2.24, 2.45) is 0 Å². The van der Waals surface area contributed by atoms with Gasteiger partial charge in [-0.1, -0.05) is 36.4 Å². The lowest BCUT2D eigenvalue weighted by molar-refractivity contribution is -0.135. The van der Waals surface area contributed by atoms with Crippen LogP contribution in [0.2, 0.25) is 0 Å². The van der Waals surface area contributed by atoms with E-state index in [0.29, 0.717) is 5.56 Å². The van der Waals surface area contributed by atoms with Gasteiger partial charge in [0.05, 0.1) is 0 Å². The first-order valence-corrected chi connectivity index (χ1v) is 4.51. The van der Waals surface area contributed by atoms with E-state index in [1.54, 1.807) is 30.3 Å². The molecule has 1 aromatic rings. The Bertz CT molecular complexity index is 443. The molecule has 0 radical (unpaired) electrons. The standard InChI is InChI=1S/C12H10O4/c13-10(9-5-2-1-3-6-9)7-4-8-11(14)12(15)16/h1-8,14H,(H,15,16). The Morgan fingerprint density at radius 1 is 1.06 bits per heavy atom. The summed E-state index contributed by atoms with van der Waals surface area (Å²) in [5, 5.41) is 17.1. The molecule has 0 aliphatic carbocycles. The van der Waals surface area contributed by atoms with Crippen LogP contribution in [0.4, 0.5) is 0 Å². The summed E-state index contributed by atoms with van der Waals surface area (Å²) in [6, 6.07) is 8.54. The van der Waals surface area contributed by atoms with E-state index in [1.807, 2.05) is 0 Å². The Hall–Kier alpha value is -2.36. The summed E-state index contributed by atoms with van der Waals surface area (Å²) in [6.07, 6.45) is 3.33. The number of aliphatic carboxylic acids is 1. The van der Waals surface area contributed by atoms with Gasteiger partial charge in [0.1, 0.15) is 0 Å². The van der Waals surface area contributed by atoms with Crippen molar-refractivity contribution < 1.29 is 19.8 Å². The van der Waals surface area contributed by atoms with Crippen molar-refractivity contribution >= 4 is 11.8 Å². The monoisotopic (exact) mass is 218 g/mol. The molecule has 16 heavy (non-hydrogen) atoms. The van der Waals surface area contributed by atoms with Gasteiger partial charge >= 0.3 is 5.97 Å². The molecule has 2 N–H and O–H groups in total. The van der Waals surface area contributed by atoms with E-state index < -0.39 is 11.7 Å².